The van der Waals surface area contributed by atoms with Gasteiger partial charge < -0.3 is 10.1 Å². The molecule has 0 aliphatic heterocycles. The zero-order valence-corrected chi connectivity index (χ0v) is 18.4. The van der Waals surface area contributed by atoms with Gasteiger partial charge in [-0.1, -0.05) is 0 Å². The summed E-state index contributed by atoms with van der Waals surface area (Å²) in [5.41, 5.74) is 0.775. The summed E-state index contributed by atoms with van der Waals surface area (Å²) in [6, 6.07) is 5.50. The van der Waals surface area contributed by atoms with Gasteiger partial charge in [0.05, 0.1) is 23.6 Å². The molecule has 0 aliphatic rings. The average Bonchev–Trinajstić information content (AvgIpc) is 3.08. The number of thiazole rings is 1. The topological polar surface area (TPSA) is 118 Å². The lowest BCUT2D eigenvalue weighted by Gasteiger charge is -2.12. The van der Waals surface area contributed by atoms with Crippen LogP contribution in [0.4, 0.5) is 5.13 Å². The first-order valence-electron chi connectivity index (χ1n) is 8.38. The van der Waals surface area contributed by atoms with Crippen molar-refractivity contribution in [1.29, 1.82) is 0 Å². The van der Waals surface area contributed by atoms with E-state index in [1.54, 1.807) is 12.3 Å². The lowest BCUT2D eigenvalue weighted by molar-refractivity contribution is -0.142. The molecule has 0 saturated carbocycles. The molecule has 2 aromatic rings. The molecule has 0 aliphatic carbocycles. The third-order valence-electron chi connectivity index (χ3n) is 3.53. The summed E-state index contributed by atoms with van der Waals surface area (Å²) < 4.78 is 30.1. The van der Waals surface area contributed by atoms with Crippen LogP contribution in [0.2, 0.25) is 0 Å². The molecule has 2 rings (SSSR count). The molecular weight excluding hydrogens is 436 g/mol. The summed E-state index contributed by atoms with van der Waals surface area (Å²) in [5, 5.41) is 7.40. The van der Waals surface area contributed by atoms with Gasteiger partial charge in [0, 0.05) is 25.0 Å². The lowest BCUT2D eigenvalue weighted by Crippen LogP contribution is -2.34. The van der Waals surface area contributed by atoms with E-state index in [2.05, 4.69) is 15.6 Å². The number of benzene rings is 1. The number of carbonyl (C=O) groups is 2. The van der Waals surface area contributed by atoms with Gasteiger partial charge in [0.15, 0.2) is 10.2 Å². The number of carbonyl (C=O) groups excluding carboxylic acids is 2. The fourth-order valence-electron chi connectivity index (χ4n) is 2.10. The molecule has 1 aromatic carbocycles. The summed E-state index contributed by atoms with van der Waals surface area (Å²) in [4.78, 5) is 28.0. The van der Waals surface area contributed by atoms with Gasteiger partial charge in [0.1, 0.15) is 0 Å². The first-order valence-corrected chi connectivity index (χ1v) is 11.1. The number of nitrogens with zero attached hydrogens (tertiary/aromatic N) is 2. The predicted molar refractivity (Wildman–Crippen MR) is 113 cm³/mol. The number of esters is 1. The highest BCUT2D eigenvalue weighted by Crippen LogP contribution is 2.17. The third kappa shape index (κ3) is 6.29. The van der Waals surface area contributed by atoms with Crippen LogP contribution in [0.1, 0.15) is 23.0 Å². The maximum absolute atomic E-state index is 12.3. The number of nitrogens with one attached hydrogen (secondary N) is 2. The molecule has 12 heteroatoms. The Bertz CT molecular complexity index is 1000. The second-order valence-electron chi connectivity index (χ2n) is 5.85. The van der Waals surface area contributed by atoms with Crippen molar-refractivity contribution >= 4 is 55.7 Å². The maximum atomic E-state index is 12.3. The Hall–Kier alpha value is -2.41. The summed E-state index contributed by atoms with van der Waals surface area (Å²) in [6.07, 6.45) is 0.0490. The zero-order valence-electron chi connectivity index (χ0n) is 16.0. The summed E-state index contributed by atoms with van der Waals surface area (Å²) in [7, 11) is -0.715. The number of aromatic nitrogens is 1. The van der Waals surface area contributed by atoms with Crippen LogP contribution in [0, 0.1) is 0 Å². The zero-order chi connectivity index (χ0) is 21.6. The van der Waals surface area contributed by atoms with Crippen molar-refractivity contribution < 1.29 is 22.7 Å². The van der Waals surface area contributed by atoms with Gasteiger partial charge in [-0.2, -0.15) is 0 Å². The Morgan fingerprint density at radius 1 is 1.24 bits per heavy atom. The molecule has 156 valence electrons. The SMILES string of the molecule is CCOC(=O)Cc1csc(NC(=S)NC(=O)c2ccc(S(=O)(=O)N(C)C)cc2)n1. The van der Waals surface area contributed by atoms with Crippen LogP contribution in [0.3, 0.4) is 0 Å². The highest BCUT2D eigenvalue weighted by molar-refractivity contribution is 7.89. The lowest BCUT2D eigenvalue weighted by atomic mass is 10.2. The summed E-state index contributed by atoms with van der Waals surface area (Å²) in [5.74, 6) is -0.875. The normalized spacial score (nSPS) is 11.2. The van der Waals surface area contributed by atoms with Crippen molar-refractivity contribution in [3.05, 3.63) is 40.9 Å². The molecule has 2 N–H and O–H groups in total. The molecule has 29 heavy (non-hydrogen) atoms. The number of ether oxygens (including phenoxy) is 1. The Morgan fingerprint density at radius 3 is 2.48 bits per heavy atom. The van der Waals surface area contributed by atoms with Crippen LogP contribution in [-0.2, 0) is 26.0 Å². The van der Waals surface area contributed by atoms with Crippen molar-refractivity contribution in [2.45, 2.75) is 18.2 Å². The van der Waals surface area contributed by atoms with E-state index >= 15 is 0 Å². The molecule has 1 heterocycles. The second-order valence-corrected chi connectivity index (χ2v) is 9.26. The molecule has 0 spiro atoms. The molecule has 0 saturated heterocycles. The molecular formula is C17H20N4O5S3. The van der Waals surface area contributed by atoms with E-state index in [1.807, 2.05) is 0 Å². The maximum Gasteiger partial charge on any atom is 0.311 e. The minimum atomic E-state index is -3.57. The number of hydrogen-bond donors (Lipinski definition) is 2. The van der Waals surface area contributed by atoms with Crippen molar-refractivity contribution in [1.82, 2.24) is 14.6 Å². The van der Waals surface area contributed by atoms with Crippen molar-refractivity contribution in [3.63, 3.8) is 0 Å². The Morgan fingerprint density at radius 2 is 1.90 bits per heavy atom. The molecule has 0 unspecified atom stereocenters. The van der Waals surface area contributed by atoms with Crippen molar-refractivity contribution in [3.8, 4) is 0 Å². The van der Waals surface area contributed by atoms with Crippen molar-refractivity contribution in [2.75, 3.05) is 26.0 Å². The van der Waals surface area contributed by atoms with Crippen LogP contribution in [-0.4, -0.2) is 55.4 Å². The van der Waals surface area contributed by atoms with E-state index in [0.717, 1.165) is 4.31 Å². The van der Waals surface area contributed by atoms with E-state index in [-0.39, 0.29) is 28.0 Å². The number of sulfonamides is 1. The first kappa shape index (κ1) is 22.9. The van der Waals surface area contributed by atoms with Crippen LogP contribution in [0.5, 0.6) is 0 Å². The number of amides is 1. The second kappa shape index (κ2) is 9.87. The molecule has 0 radical (unpaired) electrons. The van der Waals surface area contributed by atoms with Gasteiger partial charge in [0.2, 0.25) is 10.0 Å². The van der Waals surface area contributed by atoms with E-state index < -0.39 is 15.9 Å². The monoisotopic (exact) mass is 456 g/mol. The van der Waals surface area contributed by atoms with Crippen LogP contribution in [0.15, 0.2) is 34.5 Å². The van der Waals surface area contributed by atoms with Gasteiger partial charge in [0.25, 0.3) is 5.91 Å². The van der Waals surface area contributed by atoms with Crippen LogP contribution >= 0.6 is 23.6 Å². The third-order valence-corrected chi connectivity index (χ3v) is 6.37. The fraction of sp³-hybridized carbons (Fsp3) is 0.294. The molecule has 1 amide bonds. The summed E-state index contributed by atoms with van der Waals surface area (Å²) in [6.45, 7) is 2.02. The quantitative estimate of drug-likeness (QED) is 0.477. The van der Waals surface area contributed by atoms with E-state index in [0.29, 0.717) is 17.4 Å². The molecule has 1 aromatic heterocycles. The van der Waals surface area contributed by atoms with Crippen molar-refractivity contribution in [2.24, 2.45) is 0 Å². The van der Waals surface area contributed by atoms with Crippen LogP contribution < -0.4 is 10.6 Å². The molecule has 0 atom stereocenters. The number of rotatable bonds is 7. The van der Waals surface area contributed by atoms with Gasteiger partial charge in [-0.05, 0) is 43.4 Å². The molecule has 9 nitrogen and oxygen atoms in total. The Kier molecular flexibility index (Phi) is 7.79. The first-order chi connectivity index (χ1) is 13.6. The highest BCUT2D eigenvalue weighted by atomic mass is 32.2. The average molecular weight is 457 g/mol. The van der Waals surface area contributed by atoms with Gasteiger partial charge in [-0.15, -0.1) is 11.3 Å². The standard InChI is InChI=1S/C17H20N4O5S3/c1-4-26-14(22)9-12-10-28-17(18-12)20-16(27)19-15(23)11-5-7-13(8-6-11)29(24,25)21(2)3/h5-8,10H,4,9H2,1-3H3,(H2,18,19,20,23,27). The van der Waals surface area contributed by atoms with Gasteiger partial charge >= 0.3 is 5.97 Å². The highest BCUT2D eigenvalue weighted by Gasteiger charge is 2.18. The number of hydrogen-bond acceptors (Lipinski definition) is 8. The smallest absolute Gasteiger partial charge is 0.311 e. The predicted octanol–water partition coefficient (Wildman–Crippen LogP) is 1.63. The Balaban J connectivity index is 1.95. The number of thiocarbonyl (C=S) groups is 1. The van der Waals surface area contributed by atoms with Gasteiger partial charge in [-0.3, -0.25) is 14.9 Å². The summed E-state index contributed by atoms with van der Waals surface area (Å²) >= 11 is 6.33. The van der Waals surface area contributed by atoms with E-state index in [4.69, 9.17) is 17.0 Å². The molecule has 0 bridgehead atoms. The fourth-order valence-corrected chi connectivity index (χ4v) is 3.97. The number of anilines is 1. The van der Waals surface area contributed by atoms with Gasteiger partial charge in [-0.25, -0.2) is 17.7 Å². The molecule has 0 fully saturated rings. The minimum absolute atomic E-state index is 0.0250. The largest absolute Gasteiger partial charge is 0.466 e. The minimum Gasteiger partial charge on any atom is -0.466 e. The van der Waals surface area contributed by atoms with Crippen LogP contribution in [0.25, 0.3) is 0 Å². The van der Waals surface area contributed by atoms with E-state index in [9.17, 15) is 18.0 Å². The van der Waals surface area contributed by atoms with E-state index in [1.165, 1.54) is 49.7 Å². The Labute approximate surface area is 178 Å².